The van der Waals surface area contributed by atoms with Gasteiger partial charge in [0.1, 0.15) is 0 Å². The van der Waals surface area contributed by atoms with Gasteiger partial charge in [-0.15, -0.1) is 11.8 Å². The van der Waals surface area contributed by atoms with Crippen molar-refractivity contribution in [2.24, 2.45) is 5.41 Å². The smallest absolute Gasteiger partial charge is 0.192 e. The molecule has 1 aliphatic rings. The fourth-order valence-corrected chi connectivity index (χ4v) is 2.52. The van der Waals surface area contributed by atoms with Gasteiger partial charge in [-0.1, -0.05) is 41.5 Å². The third-order valence-corrected chi connectivity index (χ3v) is 3.42. The lowest BCUT2D eigenvalue weighted by atomic mass is 9.81. The van der Waals surface area contributed by atoms with Crippen molar-refractivity contribution in [2.45, 2.75) is 46.3 Å². The van der Waals surface area contributed by atoms with Crippen molar-refractivity contribution in [2.75, 3.05) is 0 Å². The normalized spacial score (nSPS) is 18.0. The molecule has 0 bridgehead atoms. The highest BCUT2D eigenvalue weighted by Gasteiger charge is 2.30. The highest BCUT2D eigenvalue weighted by atomic mass is 32.2. The summed E-state index contributed by atoms with van der Waals surface area (Å²) in [6.45, 7) is 11.9. The molecule has 0 atom stereocenters. The highest BCUT2D eigenvalue weighted by molar-refractivity contribution is 8.05. The first-order chi connectivity index (χ1) is 7.50. The van der Waals surface area contributed by atoms with Crippen LogP contribution in [0, 0.1) is 5.41 Å². The van der Waals surface area contributed by atoms with Crippen LogP contribution in [0.25, 0.3) is 0 Å². The molecule has 0 aromatic heterocycles. The van der Waals surface area contributed by atoms with Crippen molar-refractivity contribution in [3.63, 3.8) is 0 Å². The Balaban J connectivity index is 3.00. The van der Waals surface area contributed by atoms with E-state index in [0.29, 0.717) is 10.5 Å². The van der Waals surface area contributed by atoms with E-state index in [9.17, 15) is 9.59 Å². The molecule has 94 valence electrons. The van der Waals surface area contributed by atoms with E-state index in [1.54, 1.807) is 0 Å². The van der Waals surface area contributed by atoms with Crippen molar-refractivity contribution in [3.8, 4) is 0 Å². The minimum atomic E-state index is -0.277. The lowest BCUT2D eigenvalue weighted by Crippen LogP contribution is -2.23. The van der Waals surface area contributed by atoms with Crippen LogP contribution < -0.4 is 0 Å². The zero-order chi connectivity index (χ0) is 13.4. The van der Waals surface area contributed by atoms with Gasteiger partial charge in [-0.05, 0) is 11.5 Å². The summed E-state index contributed by atoms with van der Waals surface area (Å²) in [5.41, 5.74) is 0.321. The largest absolute Gasteiger partial charge is 0.290 e. The first-order valence-electron chi connectivity index (χ1n) is 5.72. The van der Waals surface area contributed by atoms with E-state index >= 15 is 0 Å². The lowest BCUT2D eigenvalue weighted by Gasteiger charge is -2.25. The van der Waals surface area contributed by atoms with Crippen LogP contribution in [0.15, 0.2) is 22.6 Å². The summed E-state index contributed by atoms with van der Waals surface area (Å²) >= 11 is 1.45. The molecule has 0 radical (unpaired) electrons. The number of carbonyl (C=O) groups is 2. The molecule has 2 nitrogen and oxygen atoms in total. The number of rotatable bonds is 1. The second kappa shape index (κ2) is 4.45. The molecule has 0 N–H and O–H groups in total. The third kappa shape index (κ3) is 3.84. The second-order valence-corrected chi connectivity index (χ2v) is 8.13. The monoisotopic (exact) mass is 252 g/mol. The Morgan fingerprint density at radius 1 is 0.882 bits per heavy atom. The Morgan fingerprint density at radius 2 is 1.41 bits per heavy atom. The molecule has 0 fully saturated rings. The fraction of sp³-hybridized carbons (Fsp3) is 0.571. The van der Waals surface area contributed by atoms with Crippen LogP contribution in [0.5, 0.6) is 0 Å². The Bertz CT molecular complexity index is 414. The topological polar surface area (TPSA) is 34.1 Å². The maximum atomic E-state index is 12.0. The van der Waals surface area contributed by atoms with Gasteiger partial charge in [0.15, 0.2) is 11.6 Å². The molecular formula is C14H20O2S. The van der Waals surface area contributed by atoms with Gasteiger partial charge in [0.25, 0.3) is 0 Å². The number of carbonyl (C=O) groups excluding carboxylic acids is 2. The average Bonchev–Trinajstić information content (AvgIpc) is 2.06. The SMILES string of the molecule is CC(C)(C)SC1=CC(=O)C(C(C)(C)C)=CC1=O. The Kier molecular flexibility index (Phi) is 3.72. The summed E-state index contributed by atoms with van der Waals surface area (Å²) in [5, 5.41) is 0. The molecule has 0 saturated carbocycles. The number of hydrogen-bond acceptors (Lipinski definition) is 3. The number of hydrogen-bond donors (Lipinski definition) is 0. The third-order valence-electron chi connectivity index (χ3n) is 2.27. The van der Waals surface area contributed by atoms with E-state index in [4.69, 9.17) is 0 Å². The second-order valence-electron chi connectivity index (χ2n) is 6.26. The van der Waals surface area contributed by atoms with Gasteiger partial charge in [-0.3, -0.25) is 9.59 Å². The summed E-state index contributed by atoms with van der Waals surface area (Å²) < 4.78 is -0.0607. The summed E-state index contributed by atoms with van der Waals surface area (Å²) in [6.07, 6.45) is 2.98. The average molecular weight is 252 g/mol. The van der Waals surface area contributed by atoms with Crippen molar-refractivity contribution in [3.05, 3.63) is 22.6 Å². The van der Waals surface area contributed by atoms with Crippen molar-refractivity contribution >= 4 is 23.3 Å². The van der Waals surface area contributed by atoms with E-state index in [1.807, 2.05) is 41.5 Å². The summed E-state index contributed by atoms with van der Waals surface area (Å²) in [5.74, 6) is -0.0849. The van der Waals surface area contributed by atoms with Gasteiger partial charge in [0, 0.05) is 16.4 Å². The van der Waals surface area contributed by atoms with E-state index in [0.717, 1.165) is 0 Å². The summed E-state index contributed by atoms with van der Waals surface area (Å²) in [4.78, 5) is 24.5. The van der Waals surface area contributed by atoms with E-state index in [1.165, 1.54) is 23.9 Å². The molecule has 0 amide bonds. The lowest BCUT2D eigenvalue weighted by molar-refractivity contribution is -0.115. The molecule has 0 aromatic rings. The van der Waals surface area contributed by atoms with Gasteiger partial charge in [0.2, 0.25) is 0 Å². The van der Waals surface area contributed by atoms with Gasteiger partial charge < -0.3 is 0 Å². The van der Waals surface area contributed by atoms with Crippen molar-refractivity contribution in [1.29, 1.82) is 0 Å². The first-order valence-corrected chi connectivity index (χ1v) is 6.54. The molecule has 0 saturated heterocycles. The van der Waals surface area contributed by atoms with E-state index in [-0.39, 0.29) is 21.7 Å². The zero-order valence-electron chi connectivity index (χ0n) is 11.4. The maximum absolute atomic E-state index is 12.0. The van der Waals surface area contributed by atoms with Gasteiger partial charge >= 0.3 is 0 Å². The molecule has 0 heterocycles. The first kappa shape index (κ1) is 14.2. The Morgan fingerprint density at radius 3 is 1.82 bits per heavy atom. The van der Waals surface area contributed by atoms with Gasteiger partial charge in [0.05, 0.1) is 4.91 Å². The predicted octanol–water partition coefficient (Wildman–Crippen LogP) is 3.53. The minimum Gasteiger partial charge on any atom is -0.290 e. The molecule has 0 spiro atoms. The Hall–Kier alpha value is -0.830. The van der Waals surface area contributed by atoms with Crippen molar-refractivity contribution in [1.82, 2.24) is 0 Å². The maximum Gasteiger partial charge on any atom is 0.192 e. The van der Waals surface area contributed by atoms with Crippen LogP contribution in [0.1, 0.15) is 41.5 Å². The predicted molar refractivity (Wildman–Crippen MR) is 73.0 cm³/mol. The minimum absolute atomic E-state index is 0.0381. The molecule has 0 aliphatic heterocycles. The summed E-state index contributed by atoms with van der Waals surface area (Å²) in [7, 11) is 0. The van der Waals surface area contributed by atoms with Crippen LogP contribution >= 0.6 is 11.8 Å². The Labute approximate surface area is 108 Å². The molecule has 3 heteroatoms. The molecule has 1 aliphatic carbocycles. The molecular weight excluding hydrogens is 232 g/mol. The fourth-order valence-electron chi connectivity index (χ4n) is 1.54. The van der Waals surface area contributed by atoms with Crippen LogP contribution in [-0.4, -0.2) is 16.3 Å². The summed E-state index contributed by atoms with van der Waals surface area (Å²) in [6, 6.07) is 0. The van der Waals surface area contributed by atoms with Crippen LogP contribution in [0.2, 0.25) is 0 Å². The van der Waals surface area contributed by atoms with Crippen LogP contribution in [0.3, 0.4) is 0 Å². The van der Waals surface area contributed by atoms with Gasteiger partial charge in [-0.25, -0.2) is 0 Å². The molecule has 17 heavy (non-hydrogen) atoms. The highest BCUT2D eigenvalue weighted by Crippen LogP contribution is 2.36. The number of thioether (sulfide) groups is 1. The van der Waals surface area contributed by atoms with E-state index in [2.05, 4.69) is 0 Å². The van der Waals surface area contributed by atoms with Crippen LogP contribution in [0.4, 0.5) is 0 Å². The standard InChI is InChI=1S/C14H20O2S/c1-13(2,3)9-7-11(16)12(8-10(9)15)17-14(4,5)6/h7-8H,1-6H3. The zero-order valence-corrected chi connectivity index (χ0v) is 12.2. The molecule has 0 unspecified atom stereocenters. The van der Waals surface area contributed by atoms with Gasteiger partial charge in [-0.2, -0.15) is 0 Å². The molecule has 0 aromatic carbocycles. The number of ketones is 2. The quantitative estimate of drug-likeness (QED) is 0.670. The molecule has 1 rings (SSSR count). The van der Waals surface area contributed by atoms with E-state index < -0.39 is 0 Å². The van der Waals surface area contributed by atoms with Crippen LogP contribution in [-0.2, 0) is 9.59 Å². The van der Waals surface area contributed by atoms with Crippen molar-refractivity contribution < 1.29 is 9.59 Å². The number of allylic oxidation sites excluding steroid dienone is 4.